The van der Waals surface area contributed by atoms with E-state index in [0.29, 0.717) is 6.67 Å². The minimum Gasteiger partial charge on any atom is -0.373 e. The largest absolute Gasteiger partial charge is 0.373 e. The second-order valence-corrected chi connectivity index (χ2v) is 4.46. The number of aromatic nitrogens is 3. The zero-order valence-corrected chi connectivity index (χ0v) is 12.7. The predicted octanol–water partition coefficient (Wildman–Crippen LogP) is 1.93. The fraction of sp³-hybridized carbons (Fsp3) is 0.200. The lowest BCUT2D eigenvalue weighted by molar-refractivity contribution is 0.768. The molecule has 0 atom stereocenters. The molecule has 0 spiro atoms. The third kappa shape index (κ3) is 4.27. The Balaban J connectivity index is 2.11. The highest BCUT2D eigenvalue weighted by Crippen LogP contribution is 2.08. The van der Waals surface area contributed by atoms with Gasteiger partial charge in [-0.2, -0.15) is 5.10 Å². The monoisotopic (exact) mass is 297 g/mol. The van der Waals surface area contributed by atoms with E-state index in [9.17, 15) is 0 Å². The summed E-state index contributed by atoms with van der Waals surface area (Å²) < 4.78 is 1.73. The van der Waals surface area contributed by atoms with Crippen LogP contribution in [0.5, 0.6) is 0 Å². The molecule has 0 amide bonds. The number of pyridine rings is 1. The van der Waals surface area contributed by atoms with Gasteiger partial charge in [0.05, 0.1) is 17.6 Å². The van der Waals surface area contributed by atoms with Gasteiger partial charge in [-0.1, -0.05) is 0 Å². The molecule has 2 aromatic heterocycles. The first-order chi connectivity index (χ1) is 10.7. The average Bonchev–Trinajstić information content (AvgIpc) is 2.96. The van der Waals surface area contributed by atoms with Crippen molar-refractivity contribution in [3.8, 4) is 0 Å². The molecule has 114 valence electrons. The molecule has 0 saturated heterocycles. The normalized spacial score (nSPS) is 11.6. The van der Waals surface area contributed by atoms with Crippen LogP contribution in [-0.2, 0) is 7.05 Å². The van der Waals surface area contributed by atoms with Gasteiger partial charge >= 0.3 is 0 Å². The number of rotatable bonds is 7. The van der Waals surface area contributed by atoms with Crippen molar-refractivity contribution in [3.05, 3.63) is 48.6 Å². The smallest absolute Gasteiger partial charge is 0.125 e. The minimum atomic E-state index is 0.427. The summed E-state index contributed by atoms with van der Waals surface area (Å²) in [5.74, 6) is 0.808. The van der Waals surface area contributed by atoms with Crippen LogP contribution < -0.4 is 10.6 Å². The number of nitrogens with zero attached hydrogens (tertiary/aromatic N) is 5. The second kappa shape index (κ2) is 7.72. The maximum absolute atomic E-state index is 4.53. The average molecular weight is 297 g/mol. The number of aryl methyl sites for hydroxylation is 1. The van der Waals surface area contributed by atoms with Crippen LogP contribution in [0.4, 0.5) is 11.5 Å². The van der Waals surface area contributed by atoms with Crippen molar-refractivity contribution in [2.45, 2.75) is 0 Å². The summed E-state index contributed by atoms with van der Waals surface area (Å²) in [6, 6.07) is 3.85. The standard InChI is InChI=1S/C15H19N7/c1-16-7-6-14(12-4-5-15(17-2)18-8-12)20-11-19-13-9-21-22(3)10-13/h4-10,19H,1,11H2,2-3H3,(H,17,18)/b7-6-,20-14+. The third-order valence-electron chi connectivity index (χ3n) is 2.89. The summed E-state index contributed by atoms with van der Waals surface area (Å²) >= 11 is 0. The van der Waals surface area contributed by atoms with Crippen molar-refractivity contribution in [3.63, 3.8) is 0 Å². The summed E-state index contributed by atoms with van der Waals surface area (Å²) in [4.78, 5) is 12.5. The number of aliphatic imine (C=N–C) groups is 2. The maximum atomic E-state index is 4.53. The van der Waals surface area contributed by atoms with E-state index in [-0.39, 0.29) is 0 Å². The van der Waals surface area contributed by atoms with Crippen LogP contribution in [0, 0.1) is 0 Å². The number of anilines is 2. The van der Waals surface area contributed by atoms with Crippen LogP contribution in [0.25, 0.3) is 0 Å². The van der Waals surface area contributed by atoms with Gasteiger partial charge in [-0.15, -0.1) is 0 Å². The van der Waals surface area contributed by atoms with E-state index in [1.807, 2.05) is 32.4 Å². The van der Waals surface area contributed by atoms with Gasteiger partial charge in [-0.05, 0) is 24.9 Å². The van der Waals surface area contributed by atoms with Gasteiger partial charge < -0.3 is 10.6 Å². The van der Waals surface area contributed by atoms with E-state index in [1.54, 1.807) is 29.4 Å². The fourth-order valence-corrected chi connectivity index (χ4v) is 1.79. The van der Waals surface area contributed by atoms with Gasteiger partial charge in [0, 0.05) is 38.3 Å². The molecule has 0 aliphatic heterocycles. The van der Waals surface area contributed by atoms with Crippen LogP contribution in [-0.4, -0.2) is 40.9 Å². The summed E-state index contributed by atoms with van der Waals surface area (Å²) in [6.07, 6.45) is 8.81. The lowest BCUT2D eigenvalue weighted by Crippen LogP contribution is -2.05. The van der Waals surface area contributed by atoms with Crippen LogP contribution in [0.2, 0.25) is 0 Å². The van der Waals surface area contributed by atoms with Gasteiger partial charge in [-0.3, -0.25) is 14.7 Å². The topological polar surface area (TPSA) is 79.5 Å². The van der Waals surface area contributed by atoms with Gasteiger partial charge in [0.1, 0.15) is 12.5 Å². The molecule has 22 heavy (non-hydrogen) atoms. The predicted molar refractivity (Wildman–Crippen MR) is 90.7 cm³/mol. The zero-order chi connectivity index (χ0) is 15.8. The molecule has 7 heteroatoms. The first kappa shape index (κ1) is 15.4. The quantitative estimate of drug-likeness (QED) is 0.765. The molecule has 0 bridgehead atoms. The maximum Gasteiger partial charge on any atom is 0.125 e. The van der Waals surface area contributed by atoms with E-state index in [4.69, 9.17) is 0 Å². The summed E-state index contributed by atoms with van der Waals surface area (Å²) in [6.45, 7) is 3.87. The molecular formula is C15H19N7. The van der Waals surface area contributed by atoms with Crippen molar-refractivity contribution in [1.29, 1.82) is 0 Å². The Kier molecular flexibility index (Phi) is 5.42. The Hall–Kier alpha value is -2.96. The minimum absolute atomic E-state index is 0.427. The zero-order valence-electron chi connectivity index (χ0n) is 12.7. The molecule has 2 rings (SSSR count). The van der Waals surface area contributed by atoms with Crippen LogP contribution in [0.15, 0.2) is 53.0 Å². The Bertz CT molecular complexity index is 667. The van der Waals surface area contributed by atoms with Crippen molar-refractivity contribution in [2.75, 3.05) is 24.3 Å². The van der Waals surface area contributed by atoms with E-state index in [1.165, 1.54) is 0 Å². The van der Waals surface area contributed by atoms with E-state index < -0.39 is 0 Å². The first-order valence-electron chi connectivity index (χ1n) is 6.76. The third-order valence-corrected chi connectivity index (χ3v) is 2.89. The first-order valence-corrected chi connectivity index (χ1v) is 6.76. The molecule has 0 aromatic carbocycles. The fourth-order valence-electron chi connectivity index (χ4n) is 1.79. The Morgan fingerprint density at radius 1 is 1.41 bits per heavy atom. The van der Waals surface area contributed by atoms with E-state index >= 15 is 0 Å². The molecule has 0 saturated carbocycles. The van der Waals surface area contributed by atoms with Crippen molar-refractivity contribution >= 4 is 23.9 Å². The molecule has 0 aliphatic rings. The number of allylic oxidation sites excluding steroid dienone is 1. The van der Waals surface area contributed by atoms with Gasteiger partial charge in [0.2, 0.25) is 0 Å². The highest BCUT2D eigenvalue weighted by Gasteiger charge is 2.01. The highest BCUT2D eigenvalue weighted by molar-refractivity contribution is 6.08. The van der Waals surface area contributed by atoms with Crippen LogP contribution in [0.1, 0.15) is 5.56 Å². The molecule has 0 aliphatic carbocycles. The Labute approximate surface area is 129 Å². The van der Waals surface area contributed by atoms with Crippen molar-refractivity contribution < 1.29 is 0 Å². The van der Waals surface area contributed by atoms with Crippen LogP contribution in [0.3, 0.4) is 0 Å². The molecule has 2 aromatic rings. The molecule has 0 unspecified atom stereocenters. The van der Waals surface area contributed by atoms with Gasteiger partial charge in [0.25, 0.3) is 0 Å². The Morgan fingerprint density at radius 2 is 2.27 bits per heavy atom. The molecule has 2 heterocycles. The summed E-state index contributed by atoms with van der Waals surface area (Å²) in [5, 5.41) is 10.3. The second-order valence-electron chi connectivity index (χ2n) is 4.46. The van der Waals surface area contributed by atoms with E-state index in [0.717, 1.165) is 22.8 Å². The highest BCUT2D eigenvalue weighted by atomic mass is 15.3. The molecule has 2 N–H and O–H groups in total. The summed E-state index contributed by atoms with van der Waals surface area (Å²) in [5.41, 5.74) is 2.60. The molecule has 0 radical (unpaired) electrons. The number of hydrogen-bond acceptors (Lipinski definition) is 6. The molecule has 7 nitrogen and oxygen atoms in total. The summed E-state index contributed by atoms with van der Waals surface area (Å²) in [7, 11) is 3.70. The molecular weight excluding hydrogens is 278 g/mol. The SMILES string of the molecule is C=N/C=C\C(=N/CNc1cnn(C)c1)c1ccc(NC)nc1. The van der Waals surface area contributed by atoms with Crippen molar-refractivity contribution in [2.24, 2.45) is 17.0 Å². The van der Waals surface area contributed by atoms with Crippen LogP contribution >= 0.6 is 0 Å². The number of nitrogens with one attached hydrogen (secondary N) is 2. The lowest BCUT2D eigenvalue weighted by Gasteiger charge is -2.05. The number of hydrogen-bond donors (Lipinski definition) is 2. The lowest BCUT2D eigenvalue weighted by atomic mass is 10.1. The van der Waals surface area contributed by atoms with E-state index in [2.05, 4.69) is 37.4 Å². The van der Waals surface area contributed by atoms with Gasteiger partial charge in [0.15, 0.2) is 0 Å². The molecule has 0 fully saturated rings. The van der Waals surface area contributed by atoms with Gasteiger partial charge in [-0.25, -0.2) is 4.98 Å². The van der Waals surface area contributed by atoms with Crippen molar-refractivity contribution in [1.82, 2.24) is 14.8 Å². The Morgan fingerprint density at radius 3 is 2.86 bits per heavy atom.